The third kappa shape index (κ3) is 5.42. The number of hydrogen-bond acceptors (Lipinski definition) is 2. The van der Waals surface area contributed by atoms with Gasteiger partial charge in [0.2, 0.25) is 0 Å². The van der Waals surface area contributed by atoms with Crippen molar-refractivity contribution < 1.29 is 4.74 Å². The van der Waals surface area contributed by atoms with Crippen molar-refractivity contribution in [2.75, 3.05) is 13.2 Å². The van der Waals surface area contributed by atoms with Gasteiger partial charge in [0.25, 0.3) is 0 Å². The monoisotopic (exact) mass is 283 g/mol. The highest BCUT2D eigenvalue weighted by Gasteiger charge is 2.10. The van der Waals surface area contributed by atoms with Crippen LogP contribution < -0.4 is 10.1 Å². The molecule has 1 N–H and O–H groups in total. The van der Waals surface area contributed by atoms with Gasteiger partial charge in [-0.05, 0) is 43.5 Å². The Balaban J connectivity index is 2.61. The van der Waals surface area contributed by atoms with E-state index in [1.54, 1.807) is 0 Å². The molecule has 0 aromatic heterocycles. The van der Waals surface area contributed by atoms with Crippen LogP contribution in [0, 0.1) is 5.92 Å². The molecular formula is C16H26ClNO. The lowest BCUT2D eigenvalue weighted by Crippen LogP contribution is -2.18. The average Bonchev–Trinajstić information content (AvgIpc) is 2.37. The summed E-state index contributed by atoms with van der Waals surface area (Å²) in [6, 6.07) is 6.25. The molecule has 3 heteroatoms. The predicted octanol–water partition coefficient (Wildman–Crippen LogP) is 4.83. The first kappa shape index (κ1) is 16.3. The van der Waals surface area contributed by atoms with Crippen LogP contribution in [0.5, 0.6) is 5.75 Å². The third-order valence-corrected chi connectivity index (χ3v) is 3.59. The fourth-order valence-corrected chi connectivity index (χ4v) is 2.51. The van der Waals surface area contributed by atoms with Crippen molar-refractivity contribution in [3.63, 3.8) is 0 Å². The van der Waals surface area contributed by atoms with E-state index in [1.807, 2.05) is 12.1 Å². The highest BCUT2D eigenvalue weighted by molar-refractivity contribution is 6.31. The molecule has 1 rings (SSSR count). The van der Waals surface area contributed by atoms with Gasteiger partial charge in [-0.2, -0.15) is 0 Å². The zero-order valence-corrected chi connectivity index (χ0v) is 13.3. The van der Waals surface area contributed by atoms with E-state index in [2.05, 4.69) is 39.1 Å². The van der Waals surface area contributed by atoms with Gasteiger partial charge in [-0.25, -0.2) is 0 Å². The molecule has 2 nitrogen and oxygen atoms in total. The number of hydrogen-bond donors (Lipinski definition) is 1. The summed E-state index contributed by atoms with van der Waals surface area (Å²) in [6.45, 7) is 10.3. The van der Waals surface area contributed by atoms with E-state index >= 15 is 0 Å². The summed E-state index contributed by atoms with van der Waals surface area (Å²) in [7, 11) is 0. The van der Waals surface area contributed by atoms with Crippen molar-refractivity contribution in [2.45, 2.75) is 46.6 Å². The fourth-order valence-electron chi connectivity index (χ4n) is 2.18. The van der Waals surface area contributed by atoms with E-state index in [0.29, 0.717) is 5.92 Å². The Kier molecular flexibility index (Phi) is 7.25. The molecule has 0 aliphatic carbocycles. The van der Waals surface area contributed by atoms with E-state index < -0.39 is 0 Å². The Labute approximate surface area is 122 Å². The molecule has 0 saturated heterocycles. The Morgan fingerprint density at radius 1 is 1.26 bits per heavy atom. The van der Waals surface area contributed by atoms with E-state index in [-0.39, 0.29) is 6.04 Å². The minimum absolute atomic E-state index is 0.269. The van der Waals surface area contributed by atoms with Crippen LogP contribution in [-0.2, 0) is 0 Å². The fraction of sp³-hybridized carbons (Fsp3) is 0.625. The predicted molar refractivity (Wildman–Crippen MR) is 83.1 cm³/mol. The average molecular weight is 284 g/mol. The molecule has 2 atom stereocenters. The van der Waals surface area contributed by atoms with Crippen molar-refractivity contribution in [1.29, 1.82) is 0 Å². The molecule has 19 heavy (non-hydrogen) atoms. The van der Waals surface area contributed by atoms with Gasteiger partial charge in [0.05, 0.1) is 6.61 Å². The lowest BCUT2D eigenvalue weighted by molar-refractivity contribution is 0.251. The summed E-state index contributed by atoms with van der Waals surface area (Å²) < 4.78 is 5.79. The maximum absolute atomic E-state index is 6.32. The minimum atomic E-state index is 0.269. The SMILES string of the molecule is CCCC(C)COc1ccc(C(C)NCC)c(Cl)c1. The molecule has 0 heterocycles. The molecular weight excluding hydrogens is 258 g/mol. The third-order valence-electron chi connectivity index (χ3n) is 3.26. The van der Waals surface area contributed by atoms with Crippen LogP contribution >= 0.6 is 11.6 Å². The molecule has 0 amide bonds. The zero-order valence-electron chi connectivity index (χ0n) is 12.5. The molecule has 0 saturated carbocycles. The Bertz CT molecular complexity index is 381. The molecule has 0 radical (unpaired) electrons. The number of benzene rings is 1. The Morgan fingerprint density at radius 3 is 2.58 bits per heavy atom. The summed E-state index contributed by atoms with van der Waals surface area (Å²) in [5.74, 6) is 1.45. The standard InChI is InChI=1S/C16H26ClNO/c1-5-7-12(3)11-19-14-8-9-15(16(17)10-14)13(4)18-6-2/h8-10,12-13,18H,5-7,11H2,1-4H3. The maximum atomic E-state index is 6.32. The van der Waals surface area contributed by atoms with Gasteiger partial charge in [-0.1, -0.05) is 44.9 Å². The quantitative estimate of drug-likeness (QED) is 0.738. The first-order valence-corrected chi connectivity index (χ1v) is 7.61. The van der Waals surface area contributed by atoms with Crippen LogP contribution in [0.15, 0.2) is 18.2 Å². The molecule has 0 fully saturated rings. The molecule has 1 aromatic rings. The second-order valence-electron chi connectivity index (χ2n) is 5.17. The van der Waals surface area contributed by atoms with Crippen molar-refractivity contribution in [2.24, 2.45) is 5.92 Å². The van der Waals surface area contributed by atoms with Gasteiger partial charge in [0, 0.05) is 11.1 Å². The van der Waals surface area contributed by atoms with Crippen molar-refractivity contribution in [3.05, 3.63) is 28.8 Å². The lowest BCUT2D eigenvalue weighted by atomic mass is 10.1. The summed E-state index contributed by atoms with van der Waals surface area (Å²) in [6.07, 6.45) is 2.40. The number of ether oxygens (including phenoxy) is 1. The number of nitrogens with one attached hydrogen (secondary N) is 1. The van der Waals surface area contributed by atoms with Gasteiger partial charge in [0.15, 0.2) is 0 Å². The summed E-state index contributed by atoms with van der Waals surface area (Å²) in [5, 5.41) is 4.14. The molecule has 0 aliphatic rings. The smallest absolute Gasteiger partial charge is 0.120 e. The Hall–Kier alpha value is -0.730. The van der Waals surface area contributed by atoms with E-state index in [4.69, 9.17) is 16.3 Å². The van der Waals surface area contributed by atoms with Gasteiger partial charge in [-0.3, -0.25) is 0 Å². The van der Waals surface area contributed by atoms with Crippen LogP contribution in [0.4, 0.5) is 0 Å². The minimum Gasteiger partial charge on any atom is -0.493 e. The molecule has 108 valence electrons. The van der Waals surface area contributed by atoms with Gasteiger partial charge in [-0.15, -0.1) is 0 Å². The second kappa shape index (κ2) is 8.44. The summed E-state index contributed by atoms with van der Waals surface area (Å²) in [5.41, 5.74) is 1.12. The molecule has 0 bridgehead atoms. The highest BCUT2D eigenvalue weighted by atomic mass is 35.5. The first-order chi connectivity index (χ1) is 9.08. The summed E-state index contributed by atoms with van der Waals surface area (Å²) in [4.78, 5) is 0. The highest BCUT2D eigenvalue weighted by Crippen LogP contribution is 2.27. The van der Waals surface area contributed by atoms with Gasteiger partial charge < -0.3 is 10.1 Å². The topological polar surface area (TPSA) is 21.3 Å². The zero-order chi connectivity index (χ0) is 14.3. The van der Waals surface area contributed by atoms with Crippen LogP contribution in [0.3, 0.4) is 0 Å². The number of rotatable bonds is 8. The van der Waals surface area contributed by atoms with Crippen LogP contribution in [0.25, 0.3) is 0 Å². The second-order valence-corrected chi connectivity index (χ2v) is 5.57. The van der Waals surface area contributed by atoms with Crippen molar-refractivity contribution >= 4 is 11.6 Å². The Morgan fingerprint density at radius 2 is 2.00 bits per heavy atom. The van der Waals surface area contributed by atoms with E-state index in [0.717, 1.165) is 29.5 Å². The lowest BCUT2D eigenvalue weighted by Gasteiger charge is -2.16. The van der Waals surface area contributed by atoms with E-state index in [9.17, 15) is 0 Å². The van der Waals surface area contributed by atoms with Gasteiger partial charge >= 0.3 is 0 Å². The van der Waals surface area contributed by atoms with Crippen LogP contribution in [-0.4, -0.2) is 13.2 Å². The largest absolute Gasteiger partial charge is 0.493 e. The first-order valence-electron chi connectivity index (χ1n) is 7.24. The van der Waals surface area contributed by atoms with Crippen LogP contribution in [0.1, 0.15) is 52.1 Å². The van der Waals surface area contributed by atoms with Crippen LogP contribution in [0.2, 0.25) is 5.02 Å². The summed E-state index contributed by atoms with van der Waals surface area (Å²) >= 11 is 6.32. The molecule has 2 unspecified atom stereocenters. The molecule has 1 aromatic carbocycles. The van der Waals surface area contributed by atoms with Gasteiger partial charge in [0.1, 0.15) is 5.75 Å². The molecule has 0 aliphatic heterocycles. The van der Waals surface area contributed by atoms with Crippen molar-refractivity contribution in [1.82, 2.24) is 5.32 Å². The maximum Gasteiger partial charge on any atom is 0.120 e. The number of halogens is 1. The van der Waals surface area contributed by atoms with Crippen molar-refractivity contribution in [3.8, 4) is 5.75 Å². The molecule has 0 spiro atoms. The normalized spacial score (nSPS) is 14.2. The van der Waals surface area contributed by atoms with E-state index in [1.165, 1.54) is 12.8 Å².